The Hall–Kier alpha value is -4.92. The Morgan fingerprint density at radius 2 is 1.89 bits per heavy atom. The number of methoxy groups -OCH3 is 2. The first kappa shape index (κ1) is 31.1. The van der Waals surface area contributed by atoms with Crippen LogP contribution in [0, 0.1) is 3.57 Å². The Bertz CT molecular complexity index is 1880. The molecule has 0 radical (unpaired) electrons. The quantitative estimate of drug-likeness (QED) is 0.149. The molecule has 2 aromatic carbocycles. The highest BCUT2D eigenvalue weighted by Gasteiger charge is 2.29. The number of nitrogens with zero attached hydrogens (tertiary/aromatic N) is 5. The minimum absolute atomic E-state index is 0.157. The lowest BCUT2D eigenvalue weighted by atomic mass is 10.0. The van der Waals surface area contributed by atoms with Crippen molar-refractivity contribution in [1.29, 1.82) is 0 Å². The van der Waals surface area contributed by atoms with Crippen molar-refractivity contribution in [2.24, 2.45) is 0 Å². The van der Waals surface area contributed by atoms with Gasteiger partial charge in [-0.1, -0.05) is 18.2 Å². The number of carbonyl (C=O) groups excluding carboxylic acids is 1. The van der Waals surface area contributed by atoms with E-state index in [2.05, 4.69) is 38.2 Å². The largest absolute Gasteiger partial charge is 0.497 e. The first-order chi connectivity index (χ1) is 22.4. The van der Waals surface area contributed by atoms with Gasteiger partial charge in [-0.2, -0.15) is 5.10 Å². The number of pyridine rings is 2. The molecule has 0 saturated carbocycles. The van der Waals surface area contributed by atoms with E-state index in [0.29, 0.717) is 54.0 Å². The summed E-state index contributed by atoms with van der Waals surface area (Å²) in [4.78, 5) is 35.2. The third-order valence-corrected chi connectivity index (χ3v) is 8.75. The molecule has 4 heterocycles. The van der Waals surface area contributed by atoms with E-state index in [-0.39, 0.29) is 11.9 Å². The van der Waals surface area contributed by atoms with Crippen LogP contribution in [0.2, 0.25) is 0 Å². The summed E-state index contributed by atoms with van der Waals surface area (Å²) in [6.45, 7) is 1.25. The van der Waals surface area contributed by atoms with Gasteiger partial charge in [0.05, 0.1) is 34.7 Å². The maximum absolute atomic E-state index is 12.9. The van der Waals surface area contributed by atoms with Crippen molar-refractivity contribution in [1.82, 2.24) is 24.6 Å². The molecule has 1 fully saturated rings. The molecule has 236 valence electrons. The molecule has 13 heteroatoms. The zero-order chi connectivity index (χ0) is 32.2. The van der Waals surface area contributed by atoms with E-state index in [0.717, 1.165) is 38.4 Å². The van der Waals surface area contributed by atoms with Gasteiger partial charge >= 0.3 is 6.09 Å². The number of piperidine rings is 1. The monoisotopic (exact) mass is 733 g/mol. The van der Waals surface area contributed by atoms with Gasteiger partial charge in [0.15, 0.2) is 0 Å². The van der Waals surface area contributed by atoms with E-state index < -0.39 is 6.09 Å². The van der Waals surface area contributed by atoms with Crippen molar-refractivity contribution in [3.05, 3.63) is 87.8 Å². The van der Waals surface area contributed by atoms with Crippen LogP contribution in [0.25, 0.3) is 22.2 Å². The Balaban J connectivity index is 1.40. The summed E-state index contributed by atoms with van der Waals surface area (Å²) in [5.74, 6) is 2.19. The van der Waals surface area contributed by atoms with Crippen molar-refractivity contribution in [3.63, 3.8) is 0 Å². The number of fused-ring (bicyclic) bond motifs is 1. The smallest absolute Gasteiger partial charge is 0.407 e. The second kappa shape index (κ2) is 13.6. The van der Waals surface area contributed by atoms with Gasteiger partial charge in [-0.15, -0.1) is 0 Å². The molecule has 2 amide bonds. The SMILES string of the molecule is COc1ccc(CNc2ncc(I)c3c2c(-c2ccc(C(=O)Nc4ccccn4)cc2)nn3[C@@H]2CCCN(C(=O)O)C2)c(OC)c1. The second-order valence-electron chi connectivity index (χ2n) is 10.8. The molecule has 46 heavy (non-hydrogen) atoms. The normalized spacial score (nSPS) is 14.6. The number of anilines is 2. The molecular weight excluding hydrogens is 701 g/mol. The number of ether oxygens (including phenoxy) is 2. The molecule has 0 aliphatic carbocycles. The molecule has 0 bridgehead atoms. The van der Waals surface area contributed by atoms with E-state index in [1.165, 1.54) is 4.90 Å². The van der Waals surface area contributed by atoms with Gasteiger partial charge in [0.1, 0.15) is 28.8 Å². The van der Waals surface area contributed by atoms with Gasteiger partial charge in [-0.05, 0) is 71.8 Å². The van der Waals surface area contributed by atoms with Gasteiger partial charge in [0, 0.05) is 54.8 Å². The van der Waals surface area contributed by atoms with Crippen molar-refractivity contribution < 1.29 is 24.2 Å². The van der Waals surface area contributed by atoms with Crippen LogP contribution in [0.1, 0.15) is 34.8 Å². The number of carbonyl (C=O) groups is 2. The zero-order valence-electron chi connectivity index (χ0n) is 25.2. The van der Waals surface area contributed by atoms with Gasteiger partial charge in [0.2, 0.25) is 0 Å². The lowest BCUT2D eigenvalue weighted by molar-refractivity contribution is 0.102. The number of amides is 2. The van der Waals surface area contributed by atoms with E-state index in [9.17, 15) is 14.7 Å². The maximum atomic E-state index is 12.9. The standard InChI is InChI=1S/C33H32IN7O5/c1-45-24-13-12-22(26(16-24)46-2)17-36-31-28-29(20-8-10-21(11-9-20)32(42)38-27-7-3-4-14-35-27)39-41(30(28)25(34)18-37-31)23-6-5-15-40(19-23)33(43)44/h3-4,7-14,16,18,23H,5-6,15,17,19H2,1-2H3,(H,36,37)(H,43,44)(H,35,38,42)/t23-/m1/s1. The number of hydrogen-bond donors (Lipinski definition) is 3. The molecule has 5 aromatic rings. The molecular formula is C33H32IN7O5. The molecule has 12 nitrogen and oxygen atoms in total. The predicted octanol–water partition coefficient (Wildman–Crippen LogP) is 6.29. The minimum Gasteiger partial charge on any atom is -0.497 e. The predicted molar refractivity (Wildman–Crippen MR) is 183 cm³/mol. The highest BCUT2D eigenvalue weighted by Crippen LogP contribution is 2.38. The minimum atomic E-state index is -0.937. The number of carboxylic acid groups (broad SMARTS) is 1. The third-order valence-electron chi connectivity index (χ3n) is 7.96. The molecule has 0 unspecified atom stereocenters. The fraction of sp³-hybridized carbons (Fsp3) is 0.242. The fourth-order valence-electron chi connectivity index (χ4n) is 5.64. The topological polar surface area (TPSA) is 144 Å². The molecule has 6 rings (SSSR count). The number of rotatable bonds is 9. The molecule has 1 atom stereocenters. The van der Waals surface area contributed by atoms with Gasteiger partial charge < -0.3 is 30.1 Å². The summed E-state index contributed by atoms with van der Waals surface area (Å²) in [6, 6.07) is 18.0. The van der Waals surface area contributed by atoms with E-state index in [4.69, 9.17) is 19.6 Å². The van der Waals surface area contributed by atoms with Crippen molar-refractivity contribution >= 4 is 57.1 Å². The van der Waals surface area contributed by atoms with Gasteiger partial charge in [-0.25, -0.2) is 14.8 Å². The lowest BCUT2D eigenvalue weighted by Crippen LogP contribution is -2.40. The Morgan fingerprint density at radius 1 is 1.07 bits per heavy atom. The van der Waals surface area contributed by atoms with Crippen LogP contribution < -0.4 is 20.1 Å². The van der Waals surface area contributed by atoms with Crippen molar-refractivity contribution in [2.75, 3.05) is 37.9 Å². The summed E-state index contributed by atoms with van der Waals surface area (Å²) < 4.78 is 13.8. The second-order valence-corrected chi connectivity index (χ2v) is 11.9. The van der Waals surface area contributed by atoms with Gasteiger partial charge in [0.25, 0.3) is 5.91 Å². The molecule has 0 spiro atoms. The van der Waals surface area contributed by atoms with Crippen LogP contribution >= 0.6 is 22.6 Å². The third kappa shape index (κ3) is 6.40. The van der Waals surface area contributed by atoms with E-state index in [1.54, 1.807) is 56.9 Å². The number of benzene rings is 2. The number of nitrogens with one attached hydrogen (secondary N) is 2. The number of hydrogen-bond acceptors (Lipinski definition) is 8. The van der Waals surface area contributed by atoms with Gasteiger partial charge in [-0.3, -0.25) is 9.48 Å². The highest BCUT2D eigenvalue weighted by molar-refractivity contribution is 14.1. The van der Waals surface area contributed by atoms with Crippen molar-refractivity contribution in [3.8, 4) is 22.8 Å². The summed E-state index contributed by atoms with van der Waals surface area (Å²) >= 11 is 2.26. The van der Waals surface area contributed by atoms with Crippen LogP contribution in [-0.2, 0) is 6.54 Å². The molecule has 1 aliphatic heterocycles. The molecule has 1 aliphatic rings. The van der Waals surface area contributed by atoms with Crippen LogP contribution in [-0.4, -0.2) is 69.1 Å². The summed E-state index contributed by atoms with van der Waals surface area (Å²) in [6.07, 6.45) is 4.00. The highest BCUT2D eigenvalue weighted by atomic mass is 127. The number of halogens is 1. The lowest BCUT2D eigenvalue weighted by Gasteiger charge is -2.31. The van der Waals surface area contributed by atoms with Crippen LogP contribution in [0.15, 0.2) is 73.1 Å². The van der Waals surface area contributed by atoms with E-state index in [1.807, 2.05) is 35.0 Å². The Labute approximate surface area is 278 Å². The number of aromatic nitrogens is 4. The fourth-order valence-corrected chi connectivity index (χ4v) is 6.30. The number of likely N-dealkylation sites (tertiary alicyclic amines) is 1. The average Bonchev–Trinajstić information content (AvgIpc) is 3.50. The molecule has 3 aromatic heterocycles. The summed E-state index contributed by atoms with van der Waals surface area (Å²) in [5.41, 5.74) is 3.72. The first-order valence-corrected chi connectivity index (χ1v) is 15.8. The summed E-state index contributed by atoms with van der Waals surface area (Å²) in [7, 11) is 3.23. The Kier molecular flexibility index (Phi) is 9.19. The first-order valence-electron chi connectivity index (χ1n) is 14.7. The van der Waals surface area contributed by atoms with Crippen LogP contribution in [0.5, 0.6) is 11.5 Å². The molecule has 3 N–H and O–H groups in total. The summed E-state index contributed by atoms with van der Waals surface area (Å²) in [5, 5.41) is 22.0. The Morgan fingerprint density at radius 3 is 2.61 bits per heavy atom. The average molecular weight is 734 g/mol. The van der Waals surface area contributed by atoms with Crippen molar-refractivity contribution in [2.45, 2.75) is 25.4 Å². The van der Waals surface area contributed by atoms with E-state index >= 15 is 0 Å². The maximum Gasteiger partial charge on any atom is 0.407 e. The van der Waals surface area contributed by atoms with Crippen LogP contribution in [0.3, 0.4) is 0 Å². The van der Waals surface area contributed by atoms with Crippen LogP contribution in [0.4, 0.5) is 16.4 Å². The zero-order valence-corrected chi connectivity index (χ0v) is 27.4. The molecule has 1 saturated heterocycles.